The van der Waals surface area contributed by atoms with Gasteiger partial charge in [-0.25, -0.2) is 8.78 Å². The van der Waals surface area contributed by atoms with Crippen molar-refractivity contribution in [3.05, 3.63) is 259 Å². The quantitative estimate of drug-likeness (QED) is 0.111. The van der Waals surface area contributed by atoms with Gasteiger partial charge in [-0.2, -0.15) is 0 Å². The highest BCUT2D eigenvalue weighted by molar-refractivity contribution is 7.20. The molecule has 0 saturated heterocycles. The highest BCUT2D eigenvalue weighted by Gasteiger charge is 2.47. The van der Waals surface area contributed by atoms with Crippen LogP contribution in [0.25, 0.3) is 22.3 Å². The van der Waals surface area contributed by atoms with Gasteiger partial charge in [0, 0.05) is 34.0 Å². The van der Waals surface area contributed by atoms with Gasteiger partial charge >= 0.3 is 0 Å². The lowest BCUT2D eigenvalue weighted by Crippen LogP contribution is -2.75. The first-order chi connectivity index (χ1) is 33.4. The van der Waals surface area contributed by atoms with Crippen LogP contribution in [0.15, 0.2) is 237 Å². The molecule has 2 aliphatic heterocycles. The molecule has 0 fully saturated rings. The monoisotopic (exact) mass is 894 g/mol. The van der Waals surface area contributed by atoms with E-state index in [1.165, 1.54) is 44.0 Å². The van der Waals surface area contributed by atoms with E-state index in [0.29, 0.717) is 0 Å². The van der Waals surface area contributed by atoms with E-state index in [1.807, 2.05) is 18.2 Å². The number of para-hydroxylation sites is 1. The average molecular weight is 895 g/mol. The molecule has 2 heterocycles. The molecule has 0 amide bonds. The number of fused-ring (bicyclic) bond motifs is 4. The Morgan fingerprint density at radius 1 is 0.368 bits per heavy atom. The maximum Gasteiger partial charge on any atom is 0.252 e. The summed E-state index contributed by atoms with van der Waals surface area (Å²) < 4.78 is 31.2. The fraction of sp³-hybridized carbons (Fsp3) is 0.0323. The summed E-state index contributed by atoms with van der Waals surface area (Å²) in [7, 11) is -3.03. The van der Waals surface area contributed by atoms with Crippen LogP contribution in [0, 0.1) is 25.5 Å². The molecule has 0 radical (unpaired) electrons. The number of anilines is 6. The van der Waals surface area contributed by atoms with Crippen LogP contribution in [0.4, 0.5) is 42.9 Å². The average Bonchev–Trinajstić information content (AvgIpc) is 3.38. The van der Waals surface area contributed by atoms with E-state index in [0.717, 1.165) is 72.8 Å². The highest BCUT2D eigenvalue weighted by Crippen LogP contribution is 2.48. The molecule has 0 N–H and O–H groups in total. The number of hydrogen-bond donors (Lipinski definition) is 0. The summed E-state index contributed by atoms with van der Waals surface area (Å²) in [6.45, 7) is 3.97. The van der Waals surface area contributed by atoms with E-state index in [4.69, 9.17) is 0 Å². The van der Waals surface area contributed by atoms with Gasteiger partial charge in [-0.3, -0.25) is 0 Å². The van der Waals surface area contributed by atoms with Gasteiger partial charge in [-0.05, 0) is 146 Å². The number of benzene rings is 10. The number of aryl methyl sites for hydroxylation is 2. The number of nitrogens with zero attached hydrogens (tertiary/aromatic N) is 2. The zero-order valence-corrected chi connectivity index (χ0v) is 38.7. The molecule has 10 aromatic carbocycles. The van der Waals surface area contributed by atoms with Crippen molar-refractivity contribution in [2.75, 3.05) is 9.80 Å². The molecule has 0 bridgehead atoms. The first-order valence-electron chi connectivity index (χ1n) is 23.3. The summed E-state index contributed by atoms with van der Waals surface area (Å²) >= 11 is 0. The maximum atomic E-state index is 16.3. The minimum atomic E-state index is -3.03. The molecule has 324 valence electrons. The van der Waals surface area contributed by atoms with Crippen LogP contribution < -0.4 is 46.9 Å². The molecule has 0 atom stereocenters. The predicted molar refractivity (Wildman–Crippen MR) is 284 cm³/mol. The fourth-order valence-corrected chi connectivity index (χ4v) is 16.1. The topological polar surface area (TPSA) is 6.48 Å². The Hall–Kier alpha value is -8.06. The molecule has 0 unspecified atom stereocenters. The van der Waals surface area contributed by atoms with Crippen molar-refractivity contribution in [2.45, 2.75) is 13.8 Å². The summed E-state index contributed by atoms with van der Waals surface area (Å²) in [6.07, 6.45) is 0. The molecule has 6 heteroatoms. The summed E-state index contributed by atoms with van der Waals surface area (Å²) in [5, 5.41) is 5.05. The standard InChI is InChI=1S/C62H45BF2N2Si/c1-42-18-17-19-43(2)61(42)45-38-59-62-60(39-45)67(56-29-16-15-28-53(56)44-20-7-3-8-21-44)58-37-35-52(68(49-22-9-4-10-23-49,50-24-11-5-12-25-50)51-26-13-6-14-27-51)41-55(58)63(62)54-40-47(65)32-36-57(54)66(59)48-33-30-46(64)31-34-48/h3-41H,1-2H3. The van der Waals surface area contributed by atoms with Gasteiger partial charge in [0.05, 0.1) is 5.69 Å². The number of rotatable bonds is 8. The van der Waals surface area contributed by atoms with Crippen LogP contribution in [0.2, 0.25) is 0 Å². The minimum absolute atomic E-state index is 0.309. The lowest BCUT2D eigenvalue weighted by atomic mass is 9.33. The Labute approximate surface area is 398 Å². The van der Waals surface area contributed by atoms with E-state index < -0.39 is 8.07 Å². The number of halogens is 2. The molecule has 10 aromatic rings. The first kappa shape index (κ1) is 41.4. The van der Waals surface area contributed by atoms with Crippen molar-refractivity contribution in [1.82, 2.24) is 0 Å². The van der Waals surface area contributed by atoms with E-state index in [-0.39, 0.29) is 18.3 Å². The van der Waals surface area contributed by atoms with Gasteiger partial charge in [-0.15, -0.1) is 0 Å². The van der Waals surface area contributed by atoms with Crippen LogP contribution in [0.5, 0.6) is 0 Å². The Morgan fingerprint density at radius 2 is 0.868 bits per heavy atom. The smallest absolute Gasteiger partial charge is 0.252 e. The van der Waals surface area contributed by atoms with Gasteiger partial charge in [-0.1, -0.05) is 170 Å². The zero-order valence-electron chi connectivity index (χ0n) is 37.7. The van der Waals surface area contributed by atoms with E-state index >= 15 is 4.39 Å². The molecule has 0 aliphatic carbocycles. The minimum Gasteiger partial charge on any atom is -0.311 e. The Bertz CT molecular complexity index is 3400. The Balaban J connectivity index is 1.24. The van der Waals surface area contributed by atoms with Gasteiger partial charge in [0.1, 0.15) is 11.6 Å². The van der Waals surface area contributed by atoms with Crippen LogP contribution in [0.3, 0.4) is 0 Å². The van der Waals surface area contributed by atoms with Crippen molar-refractivity contribution in [2.24, 2.45) is 0 Å². The van der Waals surface area contributed by atoms with Gasteiger partial charge in [0.2, 0.25) is 0 Å². The molecule has 0 spiro atoms. The molecule has 12 rings (SSSR count). The van der Waals surface area contributed by atoms with Gasteiger partial charge < -0.3 is 9.80 Å². The van der Waals surface area contributed by atoms with E-state index in [9.17, 15) is 4.39 Å². The third kappa shape index (κ3) is 6.58. The lowest BCUT2D eigenvalue weighted by Gasteiger charge is -2.45. The number of hydrogen-bond acceptors (Lipinski definition) is 2. The molecule has 2 nitrogen and oxygen atoms in total. The van der Waals surface area contributed by atoms with Crippen LogP contribution >= 0.6 is 0 Å². The molecule has 68 heavy (non-hydrogen) atoms. The summed E-state index contributed by atoms with van der Waals surface area (Å²) in [6, 6.07) is 82.4. The molecule has 0 saturated carbocycles. The van der Waals surface area contributed by atoms with Crippen molar-refractivity contribution in [3.8, 4) is 22.3 Å². The summed E-state index contributed by atoms with van der Waals surface area (Å²) in [4.78, 5) is 4.67. The largest absolute Gasteiger partial charge is 0.311 e. The zero-order chi connectivity index (χ0) is 45.9. The van der Waals surface area contributed by atoms with Gasteiger partial charge in [0.25, 0.3) is 6.71 Å². The van der Waals surface area contributed by atoms with Crippen LogP contribution in [0.1, 0.15) is 11.1 Å². The SMILES string of the molecule is Cc1cccc(C)c1-c1cc2c3c(c1)N(c1ccccc1-c1ccccc1)c1ccc([Si](c4ccccc4)(c4ccccc4)c4ccccc4)cc1B3c1cc(F)ccc1N2c1ccc(F)cc1. The van der Waals surface area contributed by atoms with E-state index in [1.54, 1.807) is 12.1 Å². The maximum absolute atomic E-state index is 16.3. The van der Waals surface area contributed by atoms with Crippen molar-refractivity contribution in [1.29, 1.82) is 0 Å². The first-order valence-corrected chi connectivity index (χ1v) is 25.3. The summed E-state index contributed by atoms with van der Waals surface area (Å²) in [5.74, 6) is -0.626. The normalized spacial score (nSPS) is 12.6. The molecule has 0 aromatic heterocycles. The molecule has 2 aliphatic rings. The second-order valence-corrected chi connectivity index (χ2v) is 21.8. The van der Waals surface area contributed by atoms with Crippen LogP contribution in [-0.2, 0) is 0 Å². The van der Waals surface area contributed by atoms with Gasteiger partial charge in [0.15, 0.2) is 8.07 Å². The van der Waals surface area contributed by atoms with Crippen molar-refractivity contribution >= 4 is 86.0 Å². The van der Waals surface area contributed by atoms with Crippen LogP contribution in [-0.4, -0.2) is 14.8 Å². The van der Waals surface area contributed by atoms with Crippen molar-refractivity contribution < 1.29 is 8.78 Å². The second-order valence-electron chi connectivity index (χ2n) is 18.0. The summed E-state index contributed by atoms with van der Waals surface area (Å²) in [5.41, 5.74) is 15.4. The fourth-order valence-electron chi connectivity index (χ4n) is 11.3. The molecular formula is C62H45BF2N2Si. The third-order valence-electron chi connectivity index (χ3n) is 14.2. The second kappa shape index (κ2) is 16.7. The third-order valence-corrected chi connectivity index (χ3v) is 18.9. The Kier molecular flexibility index (Phi) is 10.1. The molecular weight excluding hydrogens is 850 g/mol. The van der Waals surface area contributed by atoms with Crippen molar-refractivity contribution in [3.63, 3.8) is 0 Å². The highest BCUT2D eigenvalue weighted by atomic mass is 28.3. The Morgan fingerprint density at radius 3 is 1.49 bits per heavy atom. The lowest BCUT2D eigenvalue weighted by molar-refractivity contribution is 0.628. The van der Waals surface area contributed by atoms with E-state index in [2.05, 4.69) is 218 Å². The predicted octanol–water partition coefficient (Wildman–Crippen LogP) is 11.4.